The van der Waals surface area contributed by atoms with Crippen molar-refractivity contribution in [1.29, 1.82) is 0 Å². The maximum Gasteiger partial charge on any atom is 0.322 e. The first-order valence-electron chi connectivity index (χ1n) is 6.39. The summed E-state index contributed by atoms with van der Waals surface area (Å²) < 4.78 is 5.08. The van der Waals surface area contributed by atoms with E-state index in [1.54, 1.807) is 7.11 Å². The number of nitrogens with one attached hydrogen (secondary N) is 2. The van der Waals surface area contributed by atoms with Crippen LogP contribution in [0.3, 0.4) is 0 Å². The van der Waals surface area contributed by atoms with Crippen LogP contribution in [0.2, 0.25) is 0 Å². The van der Waals surface area contributed by atoms with Crippen LogP contribution >= 0.6 is 0 Å². The fourth-order valence-corrected chi connectivity index (χ4v) is 1.44. The molecule has 0 fully saturated rings. The topological polar surface area (TPSA) is 72.0 Å². The SMILES string of the molecule is CCNc1nc(NC(C)(CC)CC)nc(OC)n1. The van der Waals surface area contributed by atoms with Crippen LogP contribution in [0, 0.1) is 0 Å². The first-order valence-corrected chi connectivity index (χ1v) is 6.39. The largest absolute Gasteiger partial charge is 0.467 e. The Labute approximate surface area is 109 Å². The van der Waals surface area contributed by atoms with Gasteiger partial charge in [-0.15, -0.1) is 0 Å². The minimum Gasteiger partial charge on any atom is -0.467 e. The molecule has 6 heteroatoms. The lowest BCUT2D eigenvalue weighted by molar-refractivity contribution is 0.378. The third-order valence-electron chi connectivity index (χ3n) is 3.11. The Morgan fingerprint density at radius 3 is 2.17 bits per heavy atom. The molecule has 6 nitrogen and oxygen atoms in total. The van der Waals surface area contributed by atoms with Gasteiger partial charge < -0.3 is 15.4 Å². The Morgan fingerprint density at radius 2 is 1.67 bits per heavy atom. The number of hydrogen-bond donors (Lipinski definition) is 2. The Balaban J connectivity index is 2.96. The molecule has 0 bridgehead atoms. The average Bonchev–Trinajstić information content (AvgIpc) is 2.38. The molecule has 0 spiro atoms. The van der Waals surface area contributed by atoms with Gasteiger partial charge in [0.15, 0.2) is 0 Å². The summed E-state index contributed by atoms with van der Waals surface area (Å²) in [6.07, 6.45) is 1.99. The van der Waals surface area contributed by atoms with E-state index < -0.39 is 0 Å². The molecule has 0 amide bonds. The summed E-state index contributed by atoms with van der Waals surface area (Å²) in [5.41, 5.74) is -0.0180. The first kappa shape index (κ1) is 14.5. The van der Waals surface area contributed by atoms with E-state index in [9.17, 15) is 0 Å². The van der Waals surface area contributed by atoms with Gasteiger partial charge in [-0.05, 0) is 26.7 Å². The summed E-state index contributed by atoms with van der Waals surface area (Å²) in [5, 5.41) is 6.41. The van der Waals surface area contributed by atoms with Crippen LogP contribution in [0.25, 0.3) is 0 Å². The molecule has 0 saturated carbocycles. The van der Waals surface area contributed by atoms with Crippen molar-refractivity contribution in [1.82, 2.24) is 15.0 Å². The van der Waals surface area contributed by atoms with E-state index in [4.69, 9.17) is 4.74 Å². The van der Waals surface area contributed by atoms with Crippen LogP contribution in [-0.2, 0) is 0 Å². The van der Waals surface area contributed by atoms with E-state index in [1.165, 1.54) is 0 Å². The van der Waals surface area contributed by atoms with Crippen LogP contribution in [0.1, 0.15) is 40.5 Å². The van der Waals surface area contributed by atoms with Gasteiger partial charge in [-0.2, -0.15) is 15.0 Å². The highest BCUT2D eigenvalue weighted by atomic mass is 16.5. The van der Waals surface area contributed by atoms with E-state index in [0.717, 1.165) is 19.4 Å². The van der Waals surface area contributed by atoms with Crippen LogP contribution in [0.4, 0.5) is 11.9 Å². The fraction of sp³-hybridized carbons (Fsp3) is 0.750. The highest BCUT2D eigenvalue weighted by Gasteiger charge is 2.21. The van der Waals surface area contributed by atoms with Crippen LogP contribution in [0.15, 0.2) is 0 Å². The van der Waals surface area contributed by atoms with Gasteiger partial charge >= 0.3 is 6.01 Å². The number of nitrogens with zero attached hydrogens (tertiary/aromatic N) is 3. The molecular weight excluding hydrogens is 230 g/mol. The van der Waals surface area contributed by atoms with E-state index in [0.29, 0.717) is 17.9 Å². The van der Waals surface area contributed by atoms with Gasteiger partial charge in [-0.1, -0.05) is 13.8 Å². The van der Waals surface area contributed by atoms with Gasteiger partial charge in [-0.3, -0.25) is 0 Å². The summed E-state index contributed by atoms with van der Waals surface area (Å²) in [7, 11) is 1.55. The lowest BCUT2D eigenvalue weighted by Crippen LogP contribution is -2.34. The number of hydrogen-bond acceptors (Lipinski definition) is 6. The molecule has 102 valence electrons. The van der Waals surface area contributed by atoms with E-state index in [2.05, 4.69) is 46.4 Å². The summed E-state index contributed by atoms with van der Waals surface area (Å²) in [6, 6.07) is 0.318. The highest BCUT2D eigenvalue weighted by molar-refractivity contribution is 5.37. The van der Waals surface area contributed by atoms with Crippen LogP contribution in [0.5, 0.6) is 6.01 Å². The monoisotopic (exact) mass is 253 g/mol. The second-order valence-electron chi connectivity index (χ2n) is 4.39. The fourth-order valence-electron chi connectivity index (χ4n) is 1.44. The van der Waals surface area contributed by atoms with E-state index >= 15 is 0 Å². The molecule has 1 aromatic heterocycles. The van der Waals surface area contributed by atoms with Crippen molar-refractivity contribution in [3.05, 3.63) is 0 Å². The Morgan fingerprint density at radius 1 is 1.06 bits per heavy atom. The molecule has 1 aromatic rings. The maximum atomic E-state index is 5.08. The van der Waals surface area contributed by atoms with Crippen molar-refractivity contribution < 1.29 is 4.74 Å². The second kappa shape index (κ2) is 6.37. The summed E-state index contributed by atoms with van der Waals surface area (Å²) in [5.74, 6) is 1.07. The Kier molecular flexibility index (Phi) is 5.12. The molecule has 0 atom stereocenters. The zero-order chi connectivity index (χ0) is 13.6. The third-order valence-corrected chi connectivity index (χ3v) is 3.11. The molecule has 0 aliphatic carbocycles. The normalized spacial score (nSPS) is 11.2. The zero-order valence-electron chi connectivity index (χ0n) is 11.9. The van der Waals surface area contributed by atoms with Gasteiger partial charge in [0.05, 0.1) is 7.11 Å². The number of methoxy groups -OCH3 is 1. The van der Waals surface area contributed by atoms with Gasteiger partial charge in [0.25, 0.3) is 0 Å². The maximum absolute atomic E-state index is 5.08. The van der Waals surface area contributed by atoms with Crippen molar-refractivity contribution in [2.45, 2.75) is 46.1 Å². The molecule has 2 N–H and O–H groups in total. The van der Waals surface area contributed by atoms with Gasteiger partial charge in [0.2, 0.25) is 11.9 Å². The molecule has 0 unspecified atom stereocenters. The molecule has 0 saturated heterocycles. The van der Waals surface area contributed by atoms with Crippen LogP contribution in [-0.4, -0.2) is 34.1 Å². The van der Waals surface area contributed by atoms with Gasteiger partial charge in [-0.25, -0.2) is 0 Å². The highest BCUT2D eigenvalue weighted by Crippen LogP contribution is 2.20. The van der Waals surface area contributed by atoms with Crippen molar-refractivity contribution in [3.8, 4) is 6.01 Å². The molecule has 0 radical (unpaired) electrons. The summed E-state index contributed by atoms with van der Waals surface area (Å²) in [6.45, 7) is 9.17. The van der Waals surface area contributed by atoms with Crippen molar-refractivity contribution in [2.24, 2.45) is 0 Å². The lowest BCUT2D eigenvalue weighted by atomic mass is 9.96. The van der Waals surface area contributed by atoms with Crippen molar-refractivity contribution >= 4 is 11.9 Å². The number of aromatic nitrogens is 3. The third kappa shape index (κ3) is 3.72. The molecule has 1 heterocycles. The van der Waals surface area contributed by atoms with Crippen molar-refractivity contribution in [3.63, 3.8) is 0 Å². The first-order chi connectivity index (χ1) is 8.56. The Bertz CT molecular complexity index is 379. The standard InChI is InChI=1S/C12H23N5O/c1-6-12(4,7-2)17-10-14-9(13-8-3)15-11(16-10)18-5/h6-8H2,1-5H3,(H2,13,14,15,16,17). The van der Waals surface area contributed by atoms with Gasteiger partial charge in [0.1, 0.15) is 0 Å². The smallest absolute Gasteiger partial charge is 0.322 e. The molecule has 0 aliphatic rings. The number of rotatable bonds is 7. The molecule has 1 rings (SSSR count). The molecular formula is C12H23N5O. The minimum absolute atomic E-state index is 0.0180. The predicted octanol–water partition coefficient (Wildman–Crippen LogP) is 2.30. The predicted molar refractivity (Wildman–Crippen MR) is 73.2 cm³/mol. The second-order valence-corrected chi connectivity index (χ2v) is 4.39. The molecule has 18 heavy (non-hydrogen) atoms. The van der Waals surface area contributed by atoms with E-state index in [-0.39, 0.29) is 5.54 Å². The Hall–Kier alpha value is -1.59. The summed E-state index contributed by atoms with van der Waals surface area (Å²) in [4.78, 5) is 12.7. The quantitative estimate of drug-likeness (QED) is 0.777. The summed E-state index contributed by atoms with van der Waals surface area (Å²) >= 11 is 0. The van der Waals surface area contributed by atoms with E-state index in [1.807, 2.05) is 6.92 Å². The lowest BCUT2D eigenvalue weighted by Gasteiger charge is -2.28. The number of anilines is 2. The number of ether oxygens (including phenoxy) is 1. The van der Waals surface area contributed by atoms with Crippen LogP contribution < -0.4 is 15.4 Å². The zero-order valence-corrected chi connectivity index (χ0v) is 11.9. The van der Waals surface area contributed by atoms with Gasteiger partial charge in [0, 0.05) is 12.1 Å². The average molecular weight is 253 g/mol. The van der Waals surface area contributed by atoms with Crippen molar-refractivity contribution in [2.75, 3.05) is 24.3 Å². The molecule has 0 aliphatic heterocycles. The molecule has 0 aromatic carbocycles. The minimum atomic E-state index is -0.0180.